The van der Waals surface area contributed by atoms with Gasteiger partial charge >= 0.3 is 12.2 Å². The summed E-state index contributed by atoms with van der Waals surface area (Å²) in [6.07, 6.45) is 3.41. The highest BCUT2D eigenvalue weighted by atomic mass is 19.4. The highest BCUT2D eigenvalue weighted by molar-refractivity contribution is 6.00. The molecular formula is C27H33F3N4O2. The first-order valence-corrected chi connectivity index (χ1v) is 12.9. The molecule has 194 valence electrons. The first kappa shape index (κ1) is 24.8. The lowest BCUT2D eigenvalue weighted by Crippen LogP contribution is -2.45. The van der Waals surface area contributed by atoms with E-state index in [1.807, 2.05) is 13.8 Å². The van der Waals surface area contributed by atoms with Crippen LogP contribution in [0.1, 0.15) is 98.6 Å². The van der Waals surface area contributed by atoms with Gasteiger partial charge in [-0.05, 0) is 61.8 Å². The monoisotopic (exact) mass is 502 g/mol. The van der Waals surface area contributed by atoms with E-state index >= 15 is 0 Å². The van der Waals surface area contributed by atoms with Gasteiger partial charge in [0.25, 0.3) is 0 Å². The standard InChI is InChI=1S/C27H33F3N4O2/c1-26(2)15-21-23(22(35)16-26)24(32-34(21)19-12-10-17(11-13-19)27(28,29)30)20-9-6-14-33(20)25(36)31-18-7-4-3-5-8-18/h10-13,18,20H,3-9,14-16H2,1-2H3,(H,31,36)/t20-/m0/s1. The Kier molecular flexibility index (Phi) is 6.37. The molecule has 2 aromatic rings. The summed E-state index contributed by atoms with van der Waals surface area (Å²) in [6, 6.07) is 4.60. The van der Waals surface area contributed by atoms with Crippen LogP contribution in [0, 0.1) is 5.41 Å². The van der Waals surface area contributed by atoms with Crippen LogP contribution in [-0.4, -0.2) is 39.1 Å². The number of amides is 2. The van der Waals surface area contributed by atoms with Crippen LogP contribution in [0.2, 0.25) is 0 Å². The SMILES string of the molecule is CC1(C)CC(=O)c2c([C@@H]3CCCN3C(=O)NC3CCCCC3)nn(-c3ccc(C(F)(F)F)cc3)c2C1. The Hall–Kier alpha value is -2.84. The number of fused-ring (bicyclic) bond motifs is 1. The van der Waals surface area contributed by atoms with E-state index in [1.54, 1.807) is 9.58 Å². The average molecular weight is 503 g/mol. The molecule has 9 heteroatoms. The predicted molar refractivity (Wildman–Crippen MR) is 129 cm³/mol. The number of Topliss-reactive ketones (excluding diaryl/α,β-unsaturated/α-hetero) is 1. The summed E-state index contributed by atoms with van der Waals surface area (Å²) in [5, 5.41) is 8.01. The minimum absolute atomic E-state index is 0.0195. The lowest BCUT2D eigenvalue weighted by molar-refractivity contribution is -0.137. The van der Waals surface area contributed by atoms with Crippen molar-refractivity contribution in [2.45, 2.75) is 89.9 Å². The average Bonchev–Trinajstić information content (AvgIpc) is 3.43. The van der Waals surface area contributed by atoms with Gasteiger partial charge in [-0.1, -0.05) is 33.1 Å². The molecule has 1 saturated carbocycles. The number of likely N-dealkylation sites (tertiary alicyclic amines) is 1. The van der Waals surface area contributed by atoms with Gasteiger partial charge in [-0.15, -0.1) is 0 Å². The molecule has 2 amide bonds. The Morgan fingerprint density at radius 2 is 1.72 bits per heavy atom. The summed E-state index contributed by atoms with van der Waals surface area (Å²) in [6.45, 7) is 4.61. The molecule has 0 bridgehead atoms. The second kappa shape index (κ2) is 9.23. The molecule has 1 aliphatic heterocycles. The third-order valence-electron chi connectivity index (χ3n) is 7.77. The van der Waals surface area contributed by atoms with Gasteiger partial charge in [-0.25, -0.2) is 9.48 Å². The maximum atomic E-state index is 13.4. The maximum Gasteiger partial charge on any atom is 0.416 e. The van der Waals surface area contributed by atoms with Gasteiger partial charge < -0.3 is 10.2 Å². The summed E-state index contributed by atoms with van der Waals surface area (Å²) in [5.74, 6) is -0.0195. The Labute approximate surface area is 209 Å². The van der Waals surface area contributed by atoms with E-state index in [0.717, 1.165) is 44.2 Å². The number of nitrogens with zero attached hydrogens (tertiary/aromatic N) is 3. The second-order valence-electron chi connectivity index (χ2n) is 11.2. The quantitative estimate of drug-likeness (QED) is 0.541. The normalized spacial score (nSPS) is 22.5. The van der Waals surface area contributed by atoms with Crippen LogP contribution in [0.25, 0.3) is 5.69 Å². The van der Waals surface area contributed by atoms with E-state index in [2.05, 4.69) is 5.32 Å². The molecule has 1 N–H and O–H groups in total. The summed E-state index contributed by atoms with van der Waals surface area (Å²) in [4.78, 5) is 28.4. The fourth-order valence-corrected chi connectivity index (χ4v) is 6.01. The van der Waals surface area contributed by atoms with E-state index in [0.29, 0.717) is 48.4 Å². The topological polar surface area (TPSA) is 67.2 Å². The van der Waals surface area contributed by atoms with Crippen molar-refractivity contribution < 1.29 is 22.8 Å². The van der Waals surface area contributed by atoms with E-state index in [1.165, 1.54) is 18.6 Å². The molecule has 2 heterocycles. The molecule has 1 atom stereocenters. The highest BCUT2D eigenvalue weighted by Crippen LogP contribution is 2.42. The van der Waals surface area contributed by atoms with E-state index in [4.69, 9.17) is 5.10 Å². The van der Waals surface area contributed by atoms with E-state index < -0.39 is 11.7 Å². The molecule has 1 saturated heterocycles. The first-order valence-electron chi connectivity index (χ1n) is 12.9. The number of nitrogens with one attached hydrogen (secondary N) is 1. The van der Waals surface area contributed by atoms with Crippen LogP contribution < -0.4 is 5.32 Å². The maximum absolute atomic E-state index is 13.4. The number of hydrogen-bond donors (Lipinski definition) is 1. The highest BCUT2D eigenvalue weighted by Gasteiger charge is 2.42. The van der Waals surface area contributed by atoms with Gasteiger partial charge in [0, 0.05) is 19.0 Å². The van der Waals surface area contributed by atoms with Gasteiger partial charge in [-0.2, -0.15) is 18.3 Å². The summed E-state index contributed by atoms with van der Waals surface area (Å²) < 4.78 is 41.0. The molecule has 2 fully saturated rings. The van der Waals surface area contributed by atoms with Crippen LogP contribution in [0.5, 0.6) is 0 Å². The van der Waals surface area contributed by atoms with Crippen LogP contribution in [0.15, 0.2) is 24.3 Å². The molecule has 1 aromatic carbocycles. The molecule has 5 rings (SSSR count). The van der Waals surface area contributed by atoms with Gasteiger partial charge in [0.2, 0.25) is 0 Å². The number of urea groups is 1. The van der Waals surface area contributed by atoms with E-state index in [9.17, 15) is 22.8 Å². The zero-order chi connectivity index (χ0) is 25.7. The Morgan fingerprint density at radius 3 is 2.39 bits per heavy atom. The minimum atomic E-state index is -4.43. The first-order chi connectivity index (χ1) is 17.0. The zero-order valence-corrected chi connectivity index (χ0v) is 20.8. The number of benzene rings is 1. The molecule has 3 aliphatic rings. The molecule has 1 aromatic heterocycles. The van der Waals surface area contributed by atoms with Gasteiger partial charge in [-0.3, -0.25) is 4.79 Å². The minimum Gasteiger partial charge on any atom is -0.335 e. The van der Waals surface area contributed by atoms with Crippen LogP contribution in [-0.2, 0) is 12.6 Å². The van der Waals surface area contributed by atoms with Gasteiger partial charge in [0.05, 0.1) is 34.2 Å². The summed E-state index contributed by atoms with van der Waals surface area (Å²) in [5.41, 5.74) is 1.28. The van der Waals surface area contributed by atoms with Crippen LogP contribution in [0.3, 0.4) is 0 Å². The Bertz CT molecular complexity index is 1150. The molecule has 6 nitrogen and oxygen atoms in total. The fraction of sp³-hybridized carbons (Fsp3) is 0.593. The molecule has 36 heavy (non-hydrogen) atoms. The summed E-state index contributed by atoms with van der Waals surface area (Å²) in [7, 11) is 0. The summed E-state index contributed by atoms with van der Waals surface area (Å²) >= 11 is 0. The molecule has 0 radical (unpaired) electrons. The lowest BCUT2D eigenvalue weighted by Gasteiger charge is -2.31. The van der Waals surface area contributed by atoms with Crippen molar-refractivity contribution in [3.63, 3.8) is 0 Å². The predicted octanol–water partition coefficient (Wildman–Crippen LogP) is 6.23. The van der Waals surface area contributed by atoms with Crippen molar-refractivity contribution in [2.75, 3.05) is 6.54 Å². The van der Waals surface area contributed by atoms with Crippen molar-refractivity contribution >= 4 is 11.8 Å². The number of aromatic nitrogens is 2. The molecule has 0 unspecified atom stereocenters. The number of carbonyl (C=O) groups is 2. The van der Waals surface area contributed by atoms with Gasteiger partial charge in [0.15, 0.2) is 5.78 Å². The Balaban J connectivity index is 1.51. The molecule has 2 aliphatic carbocycles. The molecule has 0 spiro atoms. The number of hydrogen-bond acceptors (Lipinski definition) is 3. The second-order valence-corrected chi connectivity index (χ2v) is 11.2. The third kappa shape index (κ3) is 4.76. The van der Waals surface area contributed by atoms with Crippen LogP contribution >= 0.6 is 0 Å². The molecular weight excluding hydrogens is 469 g/mol. The number of halogens is 3. The number of carbonyl (C=O) groups excluding carboxylic acids is 2. The van der Waals surface area contributed by atoms with Crippen LogP contribution in [0.4, 0.5) is 18.0 Å². The van der Waals surface area contributed by atoms with Crippen molar-refractivity contribution in [2.24, 2.45) is 5.41 Å². The zero-order valence-electron chi connectivity index (χ0n) is 20.8. The van der Waals surface area contributed by atoms with Crippen molar-refractivity contribution in [1.29, 1.82) is 0 Å². The Morgan fingerprint density at radius 1 is 1.03 bits per heavy atom. The van der Waals surface area contributed by atoms with Crippen molar-refractivity contribution in [3.8, 4) is 5.69 Å². The fourth-order valence-electron chi connectivity index (χ4n) is 6.01. The number of ketones is 1. The number of rotatable bonds is 3. The third-order valence-corrected chi connectivity index (χ3v) is 7.77. The smallest absolute Gasteiger partial charge is 0.335 e. The lowest BCUT2D eigenvalue weighted by atomic mass is 9.75. The number of alkyl halides is 3. The van der Waals surface area contributed by atoms with Crippen molar-refractivity contribution in [1.82, 2.24) is 20.0 Å². The largest absolute Gasteiger partial charge is 0.416 e. The van der Waals surface area contributed by atoms with E-state index in [-0.39, 0.29) is 29.3 Å². The van der Waals surface area contributed by atoms with Crippen molar-refractivity contribution in [3.05, 3.63) is 46.8 Å². The van der Waals surface area contributed by atoms with Gasteiger partial charge in [0.1, 0.15) is 0 Å².